The molecule has 178 valence electrons. The highest BCUT2D eigenvalue weighted by Crippen LogP contribution is 2.31. The predicted octanol–water partition coefficient (Wildman–Crippen LogP) is 6.50. The molecule has 0 heterocycles. The predicted molar refractivity (Wildman–Crippen MR) is 125 cm³/mol. The van der Waals surface area contributed by atoms with Crippen LogP contribution < -0.4 is 10.1 Å². The molecule has 0 saturated carbocycles. The molecule has 0 aliphatic rings. The van der Waals surface area contributed by atoms with Crippen LogP contribution in [0.1, 0.15) is 16.7 Å². The van der Waals surface area contributed by atoms with Crippen molar-refractivity contribution >= 4 is 39.3 Å². The van der Waals surface area contributed by atoms with Crippen LogP contribution >= 0.6 is 15.9 Å². The fourth-order valence-corrected chi connectivity index (χ4v) is 3.44. The number of hydrogen-bond donors (Lipinski definition) is 1. The molecule has 0 atom stereocenters. The van der Waals surface area contributed by atoms with E-state index in [2.05, 4.69) is 21.2 Å². The number of ether oxygens (including phenoxy) is 1. The minimum absolute atomic E-state index is 0.0573. The highest BCUT2D eigenvalue weighted by Gasteiger charge is 2.30. The van der Waals surface area contributed by atoms with Crippen LogP contribution in [-0.4, -0.2) is 10.8 Å². The van der Waals surface area contributed by atoms with Gasteiger partial charge in [0.15, 0.2) is 0 Å². The Morgan fingerprint density at radius 3 is 2.54 bits per heavy atom. The van der Waals surface area contributed by atoms with Gasteiger partial charge < -0.3 is 10.1 Å². The quantitative estimate of drug-likeness (QED) is 0.158. The van der Waals surface area contributed by atoms with E-state index in [0.29, 0.717) is 21.3 Å². The number of nitro benzene ring substituents is 1. The highest BCUT2D eigenvalue weighted by atomic mass is 79.9. The Labute approximate surface area is 205 Å². The number of hydrogen-bond acceptors (Lipinski definition) is 5. The molecule has 3 rings (SSSR count). The van der Waals surface area contributed by atoms with Gasteiger partial charge in [-0.2, -0.15) is 18.4 Å². The summed E-state index contributed by atoms with van der Waals surface area (Å²) < 4.78 is 44.8. The average Bonchev–Trinajstić information content (AvgIpc) is 2.81. The van der Waals surface area contributed by atoms with Crippen molar-refractivity contribution in [1.82, 2.24) is 0 Å². The molecule has 0 unspecified atom stereocenters. The molecule has 0 fully saturated rings. The van der Waals surface area contributed by atoms with Crippen molar-refractivity contribution in [2.45, 2.75) is 12.8 Å². The maximum absolute atomic E-state index is 12.9. The van der Waals surface area contributed by atoms with Crippen molar-refractivity contribution in [3.8, 4) is 11.8 Å². The van der Waals surface area contributed by atoms with Gasteiger partial charge in [0, 0.05) is 17.8 Å². The van der Waals surface area contributed by atoms with Gasteiger partial charge in [0.1, 0.15) is 24.0 Å². The van der Waals surface area contributed by atoms with Gasteiger partial charge in [0.2, 0.25) is 0 Å². The summed E-state index contributed by atoms with van der Waals surface area (Å²) in [5.41, 5.74) is -0.361. The van der Waals surface area contributed by atoms with Crippen LogP contribution in [0.15, 0.2) is 76.8 Å². The van der Waals surface area contributed by atoms with E-state index in [1.165, 1.54) is 24.3 Å². The standard InChI is InChI=1S/C24H15BrF3N3O4/c25-21-11-15(7-8-22(21)35-14-16-3-1-6-20(10-16)31(33)34)9-17(13-29)23(32)30-19-5-2-4-18(12-19)24(26,27)28/h1-12H,14H2,(H,30,32)/b17-9+. The number of nitro groups is 1. The topological polar surface area (TPSA) is 105 Å². The minimum Gasteiger partial charge on any atom is -0.488 e. The molecule has 0 aliphatic carbocycles. The molecule has 0 aromatic heterocycles. The van der Waals surface area contributed by atoms with Crippen LogP contribution in [0, 0.1) is 21.4 Å². The van der Waals surface area contributed by atoms with Gasteiger partial charge in [0.25, 0.3) is 11.6 Å². The summed E-state index contributed by atoms with van der Waals surface area (Å²) in [5.74, 6) is -0.450. The van der Waals surface area contributed by atoms with E-state index in [0.717, 1.165) is 18.2 Å². The van der Waals surface area contributed by atoms with Gasteiger partial charge in [0.05, 0.1) is 15.0 Å². The number of anilines is 1. The highest BCUT2D eigenvalue weighted by molar-refractivity contribution is 9.10. The van der Waals surface area contributed by atoms with Crippen LogP contribution in [0.3, 0.4) is 0 Å². The molecule has 7 nitrogen and oxygen atoms in total. The molecule has 1 amide bonds. The van der Waals surface area contributed by atoms with E-state index in [9.17, 15) is 33.3 Å². The average molecular weight is 546 g/mol. The Balaban J connectivity index is 1.72. The summed E-state index contributed by atoms with van der Waals surface area (Å²) >= 11 is 3.34. The van der Waals surface area contributed by atoms with Crippen molar-refractivity contribution in [1.29, 1.82) is 5.26 Å². The lowest BCUT2D eigenvalue weighted by atomic mass is 10.1. The third kappa shape index (κ3) is 6.91. The Kier molecular flexibility index (Phi) is 7.88. The number of alkyl halides is 3. The van der Waals surface area contributed by atoms with E-state index in [1.54, 1.807) is 36.4 Å². The number of benzene rings is 3. The van der Waals surface area contributed by atoms with Crippen LogP contribution in [-0.2, 0) is 17.6 Å². The molecule has 3 aromatic rings. The smallest absolute Gasteiger partial charge is 0.416 e. The first-order valence-corrected chi connectivity index (χ1v) is 10.6. The van der Waals surface area contributed by atoms with E-state index < -0.39 is 22.6 Å². The SMILES string of the molecule is N#C/C(=C\c1ccc(OCc2cccc([N+](=O)[O-])c2)c(Br)c1)C(=O)Nc1cccc(C(F)(F)F)c1. The van der Waals surface area contributed by atoms with E-state index in [-0.39, 0.29) is 23.6 Å². The first kappa shape index (κ1) is 25.5. The maximum Gasteiger partial charge on any atom is 0.416 e. The third-order valence-corrected chi connectivity index (χ3v) is 5.22. The summed E-state index contributed by atoms with van der Waals surface area (Å²) in [6.07, 6.45) is -3.29. The van der Waals surface area contributed by atoms with Crippen molar-refractivity contribution in [3.05, 3.63) is 104 Å². The number of nitrogens with one attached hydrogen (secondary N) is 1. The van der Waals surface area contributed by atoms with Crippen molar-refractivity contribution in [2.75, 3.05) is 5.32 Å². The summed E-state index contributed by atoms with van der Waals surface area (Å²) in [4.78, 5) is 22.8. The second kappa shape index (κ2) is 10.8. The van der Waals surface area contributed by atoms with E-state index in [4.69, 9.17) is 4.74 Å². The van der Waals surface area contributed by atoms with Gasteiger partial charge in [-0.1, -0.05) is 24.3 Å². The molecule has 3 aromatic carbocycles. The molecule has 0 spiro atoms. The van der Waals surface area contributed by atoms with Gasteiger partial charge in [-0.25, -0.2) is 0 Å². The molecule has 0 radical (unpaired) electrons. The lowest BCUT2D eigenvalue weighted by molar-refractivity contribution is -0.384. The van der Waals surface area contributed by atoms with Crippen molar-refractivity contribution < 1.29 is 27.6 Å². The molecule has 0 aliphatic heterocycles. The van der Waals surface area contributed by atoms with Gasteiger partial charge in [-0.15, -0.1) is 0 Å². The molecule has 0 bridgehead atoms. The monoisotopic (exact) mass is 545 g/mol. The van der Waals surface area contributed by atoms with Crippen molar-refractivity contribution in [3.63, 3.8) is 0 Å². The number of non-ortho nitro benzene ring substituents is 1. The summed E-state index contributed by atoms with van der Waals surface area (Å²) in [5, 5.41) is 22.6. The molecule has 35 heavy (non-hydrogen) atoms. The van der Waals surface area contributed by atoms with Crippen LogP contribution in [0.25, 0.3) is 6.08 Å². The van der Waals surface area contributed by atoms with Crippen LogP contribution in [0.4, 0.5) is 24.5 Å². The largest absolute Gasteiger partial charge is 0.488 e. The molecule has 0 saturated heterocycles. The maximum atomic E-state index is 12.9. The third-order valence-electron chi connectivity index (χ3n) is 4.60. The lowest BCUT2D eigenvalue weighted by Gasteiger charge is -2.10. The van der Waals surface area contributed by atoms with Crippen LogP contribution in [0.5, 0.6) is 5.75 Å². The lowest BCUT2D eigenvalue weighted by Crippen LogP contribution is -2.14. The number of amides is 1. The normalized spacial score (nSPS) is 11.5. The zero-order valence-electron chi connectivity index (χ0n) is 17.7. The first-order valence-electron chi connectivity index (χ1n) is 9.83. The summed E-state index contributed by atoms with van der Waals surface area (Å²) in [7, 11) is 0. The minimum atomic E-state index is -4.57. The van der Waals surface area contributed by atoms with Gasteiger partial charge in [-0.05, 0) is 63.5 Å². The number of nitriles is 1. The van der Waals surface area contributed by atoms with Crippen molar-refractivity contribution in [2.24, 2.45) is 0 Å². The fourth-order valence-electron chi connectivity index (χ4n) is 2.93. The number of halogens is 4. The second-order valence-electron chi connectivity index (χ2n) is 7.11. The number of carbonyl (C=O) groups excluding carboxylic acids is 1. The zero-order chi connectivity index (χ0) is 25.6. The Hall–Kier alpha value is -4.17. The summed E-state index contributed by atoms with van der Waals surface area (Å²) in [6, 6.07) is 16.5. The summed E-state index contributed by atoms with van der Waals surface area (Å²) in [6.45, 7) is 0.0678. The first-order chi connectivity index (χ1) is 16.6. The number of nitrogens with zero attached hydrogens (tertiary/aromatic N) is 2. The molecular formula is C24H15BrF3N3O4. The van der Waals surface area contributed by atoms with Gasteiger partial charge >= 0.3 is 6.18 Å². The Morgan fingerprint density at radius 1 is 1.14 bits per heavy atom. The van der Waals surface area contributed by atoms with Crippen LogP contribution in [0.2, 0.25) is 0 Å². The molecular weight excluding hydrogens is 531 g/mol. The van der Waals surface area contributed by atoms with E-state index in [1.807, 2.05) is 0 Å². The zero-order valence-corrected chi connectivity index (χ0v) is 19.3. The second-order valence-corrected chi connectivity index (χ2v) is 7.96. The Morgan fingerprint density at radius 2 is 1.89 bits per heavy atom. The number of rotatable bonds is 7. The van der Waals surface area contributed by atoms with Gasteiger partial charge in [-0.3, -0.25) is 14.9 Å². The Bertz CT molecular complexity index is 1350. The molecule has 1 N–H and O–H groups in total. The van der Waals surface area contributed by atoms with E-state index >= 15 is 0 Å². The number of carbonyl (C=O) groups is 1. The molecule has 11 heteroatoms. The fraction of sp³-hybridized carbons (Fsp3) is 0.0833.